The van der Waals surface area contributed by atoms with Crippen LogP contribution in [0, 0.1) is 19.3 Å². The summed E-state index contributed by atoms with van der Waals surface area (Å²) in [6.07, 6.45) is 2.51. The highest BCUT2D eigenvalue weighted by Crippen LogP contribution is 2.53. The van der Waals surface area contributed by atoms with Gasteiger partial charge in [-0.05, 0) is 61.3 Å². The lowest BCUT2D eigenvalue weighted by atomic mass is 9.55. The van der Waals surface area contributed by atoms with E-state index in [1.165, 1.54) is 24.0 Å². The summed E-state index contributed by atoms with van der Waals surface area (Å²) in [5, 5.41) is 3.69. The van der Waals surface area contributed by atoms with E-state index in [4.69, 9.17) is 0 Å². The third-order valence-electron chi connectivity index (χ3n) is 4.93. The molecule has 2 unspecified atom stereocenters. The molecule has 1 aliphatic carbocycles. The van der Waals surface area contributed by atoms with Gasteiger partial charge >= 0.3 is 0 Å². The summed E-state index contributed by atoms with van der Waals surface area (Å²) in [6.45, 7) is 12.7. The van der Waals surface area contributed by atoms with E-state index in [0.29, 0.717) is 17.4 Å². The Labute approximate surface area is 112 Å². The maximum atomic E-state index is 3.69. The second kappa shape index (κ2) is 5.05. The lowest BCUT2D eigenvalue weighted by molar-refractivity contribution is 0.0691. The molecule has 0 heterocycles. The minimum Gasteiger partial charge on any atom is -0.313 e. The van der Waals surface area contributed by atoms with Gasteiger partial charge in [0.15, 0.2) is 0 Å². The Morgan fingerprint density at radius 3 is 2.61 bits per heavy atom. The van der Waals surface area contributed by atoms with Crippen molar-refractivity contribution < 1.29 is 0 Å². The number of benzene rings is 1. The first-order valence-electron chi connectivity index (χ1n) is 7.28. The Kier molecular flexibility index (Phi) is 3.82. The molecule has 0 aromatic heterocycles. The minimum absolute atomic E-state index is 0.383. The van der Waals surface area contributed by atoms with Crippen molar-refractivity contribution in [1.29, 1.82) is 0 Å². The fourth-order valence-electron chi connectivity index (χ4n) is 3.27. The summed E-state index contributed by atoms with van der Waals surface area (Å²) in [7, 11) is 0. The monoisotopic (exact) mass is 245 g/mol. The second-order valence-electron chi connectivity index (χ2n) is 6.41. The highest BCUT2D eigenvalue weighted by atomic mass is 15.0. The van der Waals surface area contributed by atoms with Crippen LogP contribution in [0.25, 0.3) is 0 Å². The van der Waals surface area contributed by atoms with Crippen molar-refractivity contribution in [3.63, 3.8) is 0 Å². The van der Waals surface area contributed by atoms with Crippen LogP contribution in [0.4, 0.5) is 0 Å². The van der Waals surface area contributed by atoms with E-state index in [0.717, 1.165) is 6.54 Å². The van der Waals surface area contributed by atoms with E-state index in [-0.39, 0.29) is 0 Å². The molecule has 0 aliphatic heterocycles. The Morgan fingerprint density at radius 2 is 2.00 bits per heavy atom. The molecule has 0 amide bonds. The molecule has 1 aromatic carbocycles. The van der Waals surface area contributed by atoms with Crippen LogP contribution in [0.15, 0.2) is 18.2 Å². The van der Waals surface area contributed by atoms with Crippen molar-refractivity contribution in [2.24, 2.45) is 5.41 Å². The van der Waals surface area contributed by atoms with E-state index in [9.17, 15) is 0 Å². The Hall–Kier alpha value is -0.820. The zero-order valence-corrected chi connectivity index (χ0v) is 12.5. The molecule has 1 aromatic rings. The van der Waals surface area contributed by atoms with Gasteiger partial charge in [0.2, 0.25) is 0 Å². The predicted molar refractivity (Wildman–Crippen MR) is 79.1 cm³/mol. The molecular formula is C17H27N. The number of hydrogen-bond acceptors (Lipinski definition) is 1. The first-order chi connectivity index (χ1) is 8.48. The average Bonchev–Trinajstić information content (AvgIpc) is 2.33. The number of rotatable bonds is 4. The molecule has 0 radical (unpaired) electrons. The Bertz CT molecular complexity index is 420. The summed E-state index contributed by atoms with van der Waals surface area (Å²) in [5.41, 5.74) is 4.86. The van der Waals surface area contributed by atoms with E-state index >= 15 is 0 Å². The SMILES string of the molecule is CCCNC1CC(c2cccc(C)c2C)C1(C)C. The molecule has 2 atom stereocenters. The molecule has 1 nitrogen and oxygen atoms in total. The van der Waals surface area contributed by atoms with Crippen LogP contribution in [0.1, 0.15) is 56.2 Å². The summed E-state index contributed by atoms with van der Waals surface area (Å²) in [4.78, 5) is 0. The molecule has 1 saturated carbocycles. The molecule has 1 aliphatic rings. The van der Waals surface area contributed by atoms with Crippen LogP contribution in [-0.4, -0.2) is 12.6 Å². The van der Waals surface area contributed by atoms with Gasteiger partial charge in [-0.2, -0.15) is 0 Å². The van der Waals surface area contributed by atoms with Gasteiger partial charge in [0.1, 0.15) is 0 Å². The molecule has 1 N–H and O–H groups in total. The van der Waals surface area contributed by atoms with Crippen molar-refractivity contribution >= 4 is 0 Å². The average molecular weight is 245 g/mol. The van der Waals surface area contributed by atoms with Crippen LogP contribution in [0.2, 0.25) is 0 Å². The summed E-state index contributed by atoms with van der Waals surface area (Å²) in [6, 6.07) is 7.44. The van der Waals surface area contributed by atoms with Gasteiger partial charge in [-0.3, -0.25) is 0 Å². The summed E-state index contributed by atoms with van der Waals surface area (Å²) in [5.74, 6) is 0.715. The summed E-state index contributed by atoms with van der Waals surface area (Å²) >= 11 is 0. The molecular weight excluding hydrogens is 218 g/mol. The third kappa shape index (κ3) is 2.21. The van der Waals surface area contributed by atoms with E-state index in [1.54, 1.807) is 5.56 Å². The number of aryl methyl sites for hydroxylation is 1. The molecule has 1 fully saturated rings. The van der Waals surface area contributed by atoms with Crippen molar-refractivity contribution in [2.45, 2.75) is 59.4 Å². The molecule has 2 rings (SSSR count). The maximum absolute atomic E-state index is 3.69. The van der Waals surface area contributed by atoms with Gasteiger partial charge in [0.25, 0.3) is 0 Å². The fraction of sp³-hybridized carbons (Fsp3) is 0.647. The van der Waals surface area contributed by atoms with E-state index in [2.05, 4.69) is 58.1 Å². The second-order valence-corrected chi connectivity index (χ2v) is 6.41. The van der Waals surface area contributed by atoms with Gasteiger partial charge < -0.3 is 5.32 Å². The van der Waals surface area contributed by atoms with Crippen LogP contribution in [0.3, 0.4) is 0 Å². The summed E-state index contributed by atoms with van der Waals surface area (Å²) < 4.78 is 0. The molecule has 0 spiro atoms. The van der Waals surface area contributed by atoms with E-state index < -0.39 is 0 Å². The lowest BCUT2D eigenvalue weighted by Crippen LogP contribution is -2.55. The highest BCUT2D eigenvalue weighted by Gasteiger charge is 2.48. The normalized spacial score (nSPS) is 25.8. The zero-order chi connectivity index (χ0) is 13.3. The maximum Gasteiger partial charge on any atom is 0.0130 e. The number of nitrogens with one attached hydrogen (secondary N) is 1. The molecule has 1 heteroatoms. The van der Waals surface area contributed by atoms with Crippen LogP contribution in [0.5, 0.6) is 0 Å². The molecule has 100 valence electrons. The molecule has 0 bridgehead atoms. The van der Waals surface area contributed by atoms with Gasteiger partial charge in [0.05, 0.1) is 0 Å². The van der Waals surface area contributed by atoms with Gasteiger partial charge in [-0.15, -0.1) is 0 Å². The quantitative estimate of drug-likeness (QED) is 0.839. The lowest BCUT2D eigenvalue weighted by Gasteiger charge is -2.53. The van der Waals surface area contributed by atoms with Crippen molar-refractivity contribution in [1.82, 2.24) is 5.32 Å². The minimum atomic E-state index is 0.383. The third-order valence-corrected chi connectivity index (χ3v) is 4.93. The van der Waals surface area contributed by atoms with Gasteiger partial charge in [0, 0.05) is 6.04 Å². The first-order valence-corrected chi connectivity index (χ1v) is 7.28. The number of hydrogen-bond donors (Lipinski definition) is 1. The highest BCUT2D eigenvalue weighted by molar-refractivity contribution is 5.39. The van der Waals surface area contributed by atoms with Crippen LogP contribution >= 0.6 is 0 Å². The molecule has 0 saturated heterocycles. The van der Waals surface area contributed by atoms with Crippen molar-refractivity contribution in [3.05, 3.63) is 34.9 Å². The van der Waals surface area contributed by atoms with Gasteiger partial charge in [-0.25, -0.2) is 0 Å². The Morgan fingerprint density at radius 1 is 1.28 bits per heavy atom. The van der Waals surface area contributed by atoms with E-state index in [1.807, 2.05) is 0 Å². The van der Waals surface area contributed by atoms with Crippen LogP contribution < -0.4 is 5.32 Å². The first kappa shape index (κ1) is 13.6. The topological polar surface area (TPSA) is 12.0 Å². The standard InChI is InChI=1S/C17H27N/c1-6-10-18-16-11-15(17(16,4)5)14-9-7-8-12(2)13(14)3/h7-9,15-16,18H,6,10-11H2,1-5H3. The molecule has 18 heavy (non-hydrogen) atoms. The smallest absolute Gasteiger partial charge is 0.0130 e. The fourth-order valence-corrected chi connectivity index (χ4v) is 3.27. The van der Waals surface area contributed by atoms with Crippen molar-refractivity contribution in [2.75, 3.05) is 6.54 Å². The van der Waals surface area contributed by atoms with Gasteiger partial charge in [-0.1, -0.05) is 39.0 Å². The zero-order valence-electron chi connectivity index (χ0n) is 12.5. The largest absolute Gasteiger partial charge is 0.313 e. The Balaban J connectivity index is 2.15. The van der Waals surface area contributed by atoms with Crippen molar-refractivity contribution in [3.8, 4) is 0 Å². The predicted octanol–water partition coefficient (Wildman–Crippen LogP) is 4.19. The van der Waals surface area contributed by atoms with Crippen LogP contribution in [-0.2, 0) is 0 Å².